The SMILES string of the molecule is CCOc1c(Br)cc(-c2cc(C(=O)[O-])c3cccc(C)c3n2)cc1OC. The van der Waals surface area contributed by atoms with Gasteiger partial charge in [-0.2, -0.15) is 0 Å². The Hall–Kier alpha value is -2.60. The number of rotatable bonds is 5. The Balaban J connectivity index is 2.27. The largest absolute Gasteiger partial charge is 0.545 e. The predicted molar refractivity (Wildman–Crippen MR) is 102 cm³/mol. The van der Waals surface area contributed by atoms with E-state index in [9.17, 15) is 9.90 Å². The zero-order chi connectivity index (χ0) is 18.8. The number of hydrogen-bond donors (Lipinski definition) is 0. The van der Waals surface area contributed by atoms with E-state index in [-0.39, 0.29) is 5.56 Å². The number of aromatic nitrogens is 1. The van der Waals surface area contributed by atoms with Crippen LogP contribution >= 0.6 is 15.9 Å². The van der Waals surface area contributed by atoms with Gasteiger partial charge >= 0.3 is 0 Å². The lowest BCUT2D eigenvalue weighted by Crippen LogP contribution is -2.22. The second-order valence-corrected chi connectivity index (χ2v) is 6.59. The molecule has 0 spiro atoms. The van der Waals surface area contributed by atoms with Crippen molar-refractivity contribution in [2.24, 2.45) is 0 Å². The van der Waals surface area contributed by atoms with Crippen LogP contribution in [-0.2, 0) is 0 Å². The maximum Gasteiger partial charge on any atom is 0.175 e. The van der Waals surface area contributed by atoms with Crippen LogP contribution in [0.5, 0.6) is 11.5 Å². The number of nitrogens with zero attached hydrogens (tertiary/aromatic N) is 1. The normalized spacial score (nSPS) is 10.8. The van der Waals surface area contributed by atoms with Gasteiger partial charge in [-0.05, 0) is 53.5 Å². The lowest BCUT2D eigenvalue weighted by atomic mass is 10.0. The summed E-state index contributed by atoms with van der Waals surface area (Å²) in [6.45, 7) is 4.28. The minimum Gasteiger partial charge on any atom is -0.545 e. The molecule has 0 saturated heterocycles. The molecule has 26 heavy (non-hydrogen) atoms. The first kappa shape index (κ1) is 18.2. The fraction of sp³-hybridized carbons (Fsp3) is 0.200. The molecule has 0 N–H and O–H groups in total. The number of ether oxygens (including phenoxy) is 2. The number of carbonyl (C=O) groups is 1. The van der Waals surface area contributed by atoms with Gasteiger partial charge in [0, 0.05) is 16.5 Å². The fourth-order valence-corrected chi connectivity index (χ4v) is 3.42. The third-order valence-corrected chi connectivity index (χ3v) is 4.66. The molecule has 0 fully saturated rings. The monoisotopic (exact) mass is 414 g/mol. The second kappa shape index (κ2) is 7.33. The Morgan fingerprint density at radius 2 is 2.04 bits per heavy atom. The van der Waals surface area contributed by atoms with Crippen LogP contribution < -0.4 is 14.6 Å². The minimum absolute atomic E-state index is 0.109. The predicted octanol–water partition coefficient (Wildman–Crippen LogP) is 3.74. The number of methoxy groups -OCH3 is 1. The average Bonchev–Trinajstić information content (AvgIpc) is 2.62. The first-order valence-corrected chi connectivity index (χ1v) is 8.88. The first-order chi connectivity index (χ1) is 12.5. The Morgan fingerprint density at radius 3 is 2.69 bits per heavy atom. The fourth-order valence-electron chi connectivity index (χ4n) is 2.86. The molecule has 0 atom stereocenters. The van der Waals surface area contributed by atoms with Crippen molar-refractivity contribution < 1.29 is 19.4 Å². The van der Waals surface area contributed by atoms with Gasteiger partial charge in [0.15, 0.2) is 11.5 Å². The molecule has 0 unspecified atom stereocenters. The van der Waals surface area contributed by atoms with Crippen molar-refractivity contribution >= 4 is 32.8 Å². The minimum atomic E-state index is -1.23. The van der Waals surface area contributed by atoms with Crippen molar-refractivity contribution in [3.63, 3.8) is 0 Å². The summed E-state index contributed by atoms with van der Waals surface area (Å²) < 4.78 is 11.7. The number of aryl methyl sites for hydroxylation is 1. The van der Waals surface area contributed by atoms with E-state index in [1.54, 1.807) is 19.2 Å². The van der Waals surface area contributed by atoms with Gasteiger partial charge in [0.25, 0.3) is 0 Å². The molecule has 134 valence electrons. The van der Waals surface area contributed by atoms with Gasteiger partial charge in [-0.3, -0.25) is 0 Å². The van der Waals surface area contributed by atoms with Crippen molar-refractivity contribution in [1.29, 1.82) is 0 Å². The lowest BCUT2D eigenvalue weighted by Gasteiger charge is -2.15. The van der Waals surface area contributed by atoms with E-state index in [0.717, 1.165) is 5.56 Å². The summed E-state index contributed by atoms with van der Waals surface area (Å²) in [4.78, 5) is 16.3. The molecule has 0 aliphatic rings. The topological polar surface area (TPSA) is 71.5 Å². The van der Waals surface area contributed by atoms with Crippen molar-refractivity contribution in [1.82, 2.24) is 4.98 Å². The van der Waals surface area contributed by atoms with Crippen molar-refractivity contribution in [3.8, 4) is 22.8 Å². The smallest absolute Gasteiger partial charge is 0.175 e. The van der Waals surface area contributed by atoms with Gasteiger partial charge in [0.2, 0.25) is 0 Å². The number of hydrogen-bond acceptors (Lipinski definition) is 5. The zero-order valence-electron chi connectivity index (χ0n) is 14.6. The van der Waals surface area contributed by atoms with Gasteiger partial charge in [0.05, 0.1) is 35.4 Å². The first-order valence-electron chi connectivity index (χ1n) is 8.08. The molecule has 0 aliphatic heterocycles. The van der Waals surface area contributed by atoms with Gasteiger partial charge in [-0.15, -0.1) is 0 Å². The quantitative estimate of drug-likeness (QED) is 0.635. The highest BCUT2D eigenvalue weighted by molar-refractivity contribution is 9.10. The average molecular weight is 415 g/mol. The van der Waals surface area contributed by atoms with Crippen LogP contribution in [0, 0.1) is 6.92 Å². The molecular formula is C20H17BrNO4-. The highest BCUT2D eigenvalue weighted by Crippen LogP contribution is 2.40. The van der Waals surface area contributed by atoms with Gasteiger partial charge < -0.3 is 19.4 Å². The highest BCUT2D eigenvalue weighted by Gasteiger charge is 2.15. The number of fused-ring (bicyclic) bond motifs is 1. The molecule has 0 amide bonds. The Labute approximate surface area is 159 Å². The van der Waals surface area contributed by atoms with E-state index < -0.39 is 5.97 Å². The molecule has 6 heteroatoms. The number of carbonyl (C=O) groups excluding carboxylic acids is 1. The summed E-state index contributed by atoms with van der Waals surface area (Å²) in [5.74, 6) is -0.102. The zero-order valence-corrected chi connectivity index (χ0v) is 16.2. The number of para-hydroxylation sites is 1. The molecule has 0 radical (unpaired) electrons. The Bertz CT molecular complexity index is 1000. The highest BCUT2D eigenvalue weighted by atomic mass is 79.9. The van der Waals surface area contributed by atoms with Crippen LogP contribution in [0.25, 0.3) is 22.2 Å². The molecular weight excluding hydrogens is 398 g/mol. The van der Waals surface area contributed by atoms with Crippen LogP contribution in [0.2, 0.25) is 0 Å². The number of pyridine rings is 1. The summed E-state index contributed by atoms with van der Waals surface area (Å²) in [6.07, 6.45) is 0. The van der Waals surface area contributed by atoms with Gasteiger partial charge in [-0.25, -0.2) is 4.98 Å². The van der Waals surface area contributed by atoms with E-state index in [4.69, 9.17) is 9.47 Å². The molecule has 0 aliphatic carbocycles. The van der Waals surface area contributed by atoms with E-state index >= 15 is 0 Å². The van der Waals surface area contributed by atoms with Crippen molar-refractivity contribution in [2.45, 2.75) is 13.8 Å². The number of halogens is 1. The van der Waals surface area contributed by atoms with E-state index in [1.165, 1.54) is 6.07 Å². The van der Waals surface area contributed by atoms with Crippen molar-refractivity contribution in [3.05, 3.63) is 52.0 Å². The number of carboxylic acids is 1. The summed E-state index contributed by atoms with van der Waals surface area (Å²) in [7, 11) is 1.55. The second-order valence-electron chi connectivity index (χ2n) is 5.74. The number of benzene rings is 2. The molecule has 1 heterocycles. The maximum absolute atomic E-state index is 11.6. The molecule has 5 nitrogen and oxygen atoms in total. The molecule has 1 aromatic heterocycles. The van der Waals surface area contributed by atoms with Gasteiger partial charge in [0.1, 0.15) is 0 Å². The summed E-state index contributed by atoms with van der Waals surface area (Å²) in [5.41, 5.74) is 2.87. The van der Waals surface area contributed by atoms with E-state index in [1.807, 2.05) is 32.0 Å². The number of carboxylic acid groups (broad SMARTS) is 1. The molecule has 0 saturated carbocycles. The molecule has 3 aromatic rings. The van der Waals surface area contributed by atoms with Crippen LogP contribution in [0.1, 0.15) is 22.8 Å². The summed E-state index contributed by atoms with van der Waals surface area (Å²) in [5, 5.41) is 12.2. The van der Waals surface area contributed by atoms with E-state index in [0.29, 0.717) is 44.7 Å². The lowest BCUT2D eigenvalue weighted by molar-refractivity contribution is -0.254. The van der Waals surface area contributed by atoms with Crippen LogP contribution in [-0.4, -0.2) is 24.7 Å². The molecule has 0 bridgehead atoms. The van der Waals surface area contributed by atoms with E-state index in [2.05, 4.69) is 20.9 Å². The molecule has 3 rings (SSSR count). The van der Waals surface area contributed by atoms with Crippen LogP contribution in [0.3, 0.4) is 0 Å². The summed E-state index contributed by atoms with van der Waals surface area (Å²) in [6, 6.07) is 10.6. The maximum atomic E-state index is 11.6. The Morgan fingerprint density at radius 1 is 1.27 bits per heavy atom. The van der Waals surface area contributed by atoms with Gasteiger partial charge in [-0.1, -0.05) is 18.2 Å². The molecule has 2 aromatic carbocycles. The van der Waals surface area contributed by atoms with Crippen LogP contribution in [0.15, 0.2) is 40.9 Å². The van der Waals surface area contributed by atoms with Crippen LogP contribution in [0.4, 0.5) is 0 Å². The summed E-state index contributed by atoms with van der Waals surface area (Å²) >= 11 is 3.49. The number of aromatic carboxylic acids is 1. The van der Waals surface area contributed by atoms with Crippen molar-refractivity contribution in [2.75, 3.05) is 13.7 Å². The Kier molecular flexibility index (Phi) is 5.13. The third kappa shape index (κ3) is 3.24. The standard InChI is InChI=1S/C20H18BrNO4/c1-4-26-19-15(21)8-12(9-17(19)25-3)16-10-14(20(23)24)13-7-5-6-11(2)18(13)22-16/h5-10H,4H2,1-3H3,(H,23,24)/p-1. The third-order valence-electron chi connectivity index (χ3n) is 4.08.